The number of esters is 1. The number of rotatable bonds is 7. The minimum Gasteiger partial charge on any atom is -0.493 e. The molecule has 0 radical (unpaired) electrons. The van der Waals surface area contributed by atoms with Crippen LogP contribution in [0.1, 0.15) is 11.1 Å². The smallest absolute Gasteiger partial charge is 0.338 e. The fourth-order valence-electron chi connectivity index (χ4n) is 2.48. The van der Waals surface area contributed by atoms with E-state index in [9.17, 15) is 4.79 Å². The van der Waals surface area contributed by atoms with Crippen LogP contribution in [0.4, 0.5) is 0 Å². The second-order valence-electron chi connectivity index (χ2n) is 5.23. The minimum atomic E-state index is -0.466. The zero-order valence-corrected chi connectivity index (χ0v) is 15.5. The van der Waals surface area contributed by atoms with E-state index in [-0.39, 0.29) is 0 Å². The number of benzene rings is 2. The van der Waals surface area contributed by atoms with Gasteiger partial charge in [0.15, 0.2) is 23.0 Å². The van der Waals surface area contributed by atoms with Gasteiger partial charge in [0, 0.05) is 0 Å². The molecule has 0 aliphatic carbocycles. The molecule has 0 atom stereocenters. The minimum absolute atomic E-state index is 0.376. The van der Waals surface area contributed by atoms with Crippen molar-refractivity contribution in [2.24, 2.45) is 0 Å². The van der Waals surface area contributed by atoms with Gasteiger partial charge in [0.25, 0.3) is 0 Å². The highest BCUT2D eigenvalue weighted by molar-refractivity contribution is 6.21. The van der Waals surface area contributed by atoms with Crippen LogP contribution in [-0.2, 0) is 9.53 Å². The van der Waals surface area contributed by atoms with Gasteiger partial charge in [-0.2, -0.15) is 0 Å². The zero-order chi connectivity index (χ0) is 19.1. The lowest BCUT2D eigenvalue weighted by Gasteiger charge is -2.12. The molecule has 2 aromatic rings. The summed E-state index contributed by atoms with van der Waals surface area (Å²) in [6.07, 6.45) is 1.72. The predicted octanol–water partition coefficient (Wildman–Crippen LogP) is 3.43. The molecule has 2 aromatic carbocycles. The molecular weight excluding hydrogens is 336 g/mol. The van der Waals surface area contributed by atoms with Crippen molar-refractivity contribution < 1.29 is 28.5 Å². The van der Waals surface area contributed by atoms with Crippen molar-refractivity contribution in [3.63, 3.8) is 0 Å². The zero-order valence-electron chi connectivity index (χ0n) is 15.5. The Morgan fingerprint density at radius 2 is 1.27 bits per heavy atom. The van der Waals surface area contributed by atoms with Gasteiger partial charge in [-0.1, -0.05) is 12.1 Å². The fourth-order valence-corrected chi connectivity index (χ4v) is 2.48. The van der Waals surface area contributed by atoms with Gasteiger partial charge in [-0.15, -0.1) is 0 Å². The Hall–Kier alpha value is -3.15. The van der Waals surface area contributed by atoms with Crippen LogP contribution in [-0.4, -0.2) is 41.5 Å². The Bertz CT molecular complexity index is 810. The SMILES string of the molecule is COC(=O)/C(=C/c1ccc(OC)c(OC)c1)c1ccc(OC)c(OC)c1. The van der Waals surface area contributed by atoms with Gasteiger partial charge in [-0.05, 0) is 41.5 Å². The van der Waals surface area contributed by atoms with Gasteiger partial charge < -0.3 is 23.7 Å². The number of methoxy groups -OCH3 is 5. The van der Waals surface area contributed by atoms with E-state index < -0.39 is 5.97 Å². The summed E-state index contributed by atoms with van der Waals surface area (Å²) >= 11 is 0. The van der Waals surface area contributed by atoms with Crippen LogP contribution in [0.2, 0.25) is 0 Å². The number of carbonyl (C=O) groups is 1. The Morgan fingerprint density at radius 1 is 0.731 bits per heavy atom. The number of hydrogen-bond donors (Lipinski definition) is 0. The van der Waals surface area contributed by atoms with E-state index in [0.29, 0.717) is 34.1 Å². The molecule has 138 valence electrons. The van der Waals surface area contributed by atoms with Crippen LogP contribution in [0.15, 0.2) is 36.4 Å². The summed E-state index contributed by atoms with van der Waals surface area (Å²) in [5, 5.41) is 0. The molecular formula is C20H22O6. The second-order valence-corrected chi connectivity index (χ2v) is 5.23. The molecule has 0 unspecified atom stereocenters. The van der Waals surface area contributed by atoms with Crippen molar-refractivity contribution in [1.82, 2.24) is 0 Å². The molecule has 0 N–H and O–H groups in total. The molecule has 0 heterocycles. The third-order valence-corrected chi connectivity index (χ3v) is 3.82. The summed E-state index contributed by atoms with van der Waals surface area (Å²) in [6, 6.07) is 10.6. The van der Waals surface area contributed by atoms with Crippen LogP contribution in [0.25, 0.3) is 11.6 Å². The van der Waals surface area contributed by atoms with E-state index >= 15 is 0 Å². The first-order chi connectivity index (χ1) is 12.6. The lowest BCUT2D eigenvalue weighted by Crippen LogP contribution is -2.04. The largest absolute Gasteiger partial charge is 0.493 e. The Labute approximate surface area is 152 Å². The summed E-state index contributed by atoms with van der Waals surface area (Å²) in [6.45, 7) is 0. The summed E-state index contributed by atoms with van der Waals surface area (Å²) in [4.78, 5) is 12.3. The topological polar surface area (TPSA) is 63.2 Å². The summed E-state index contributed by atoms with van der Waals surface area (Å²) in [7, 11) is 7.55. The number of carbonyl (C=O) groups excluding carboxylic acids is 1. The first kappa shape index (κ1) is 19.2. The maximum atomic E-state index is 12.3. The first-order valence-electron chi connectivity index (χ1n) is 7.82. The predicted molar refractivity (Wildman–Crippen MR) is 99.0 cm³/mol. The van der Waals surface area contributed by atoms with Gasteiger partial charge in [0.1, 0.15) is 0 Å². The van der Waals surface area contributed by atoms with Gasteiger partial charge in [0.05, 0.1) is 41.1 Å². The maximum Gasteiger partial charge on any atom is 0.338 e. The van der Waals surface area contributed by atoms with Crippen molar-refractivity contribution in [2.45, 2.75) is 0 Å². The molecule has 0 fully saturated rings. The Morgan fingerprint density at radius 3 is 1.81 bits per heavy atom. The van der Waals surface area contributed by atoms with Crippen molar-refractivity contribution >= 4 is 17.6 Å². The molecule has 6 nitrogen and oxygen atoms in total. The van der Waals surface area contributed by atoms with Crippen LogP contribution in [0.3, 0.4) is 0 Å². The number of ether oxygens (including phenoxy) is 5. The van der Waals surface area contributed by atoms with Crippen molar-refractivity contribution in [2.75, 3.05) is 35.5 Å². The molecule has 0 spiro atoms. The van der Waals surface area contributed by atoms with Gasteiger partial charge in [-0.25, -0.2) is 4.79 Å². The van der Waals surface area contributed by atoms with Gasteiger partial charge in [0.2, 0.25) is 0 Å². The van der Waals surface area contributed by atoms with Crippen molar-refractivity contribution in [3.8, 4) is 23.0 Å². The van der Waals surface area contributed by atoms with Crippen molar-refractivity contribution in [3.05, 3.63) is 47.5 Å². The monoisotopic (exact) mass is 358 g/mol. The van der Waals surface area contributed by atoms with E-state index in [1.807, 2.05) is 6.07 Å². The van der Waals surface area contributed by atoms with Crippen LogP contribution in [0, 0.1) is 0 Å². The van der Waals surface area contributed by atoms with Crippen LogP contribution >= 0.6 is 0 Å². The number of hydrogen-bond acceptors (Lipinski definition) is 6. The maximum absolute atomic E-state index is 12.3. The van der Waals surface area contributed by atoms with E-state index in [1.54, 1.807) is 57.7 Å². The third-order valence-electron chi connectivity index (χ3n) is 3.82. The first-order valence-corrected chi connectivity index (χ1v) is 7.82. The van der Waals surface area contributed by atoms with E-state index in [1.165, 1.54) is 14.2 Å². The molecule has 26 heavy (non-hydrogen) atoms. The highest BCUT2D eigenvalue weighted by Crippen LogP contribution is 2.33. The van der Waals surface area contributed by atoms with E-state index in [0.717, 1.165) is 5.56 Å². The van der Waals surface area contributed by atoms with Crippen LogP contribution < -0.4 is 18.9 Å². The molecule has 0 aliphatic rings. The highest BCUT2D eigenvalue weighted by Gasteiger charge is 2.16. The molecule has 0 aromatic heterocycles. The molecule has 0 aliphatic heterocycles. The normalized spacial score (nSPS) is 10.9. The van der Waals surface area contributed by atoms with Crippen LogP contribution in [0.5, 0.6) is 23.0 Å². The average Bonchev–Trinajstić information content (AvgIpc) is 2.70. The van der Waals surface area contributed by atoms with E-state index in [2.05, 4.69) is 0 Å². The Kier molecular flexibility index (Phi) is 6.49. The lowest BCUT2D eigenvalue weighted by atomic mass is 10.0. The molecule has 0 saturated carbocycles. The molecule has 6 heteroatoms. The third kappa shape index (κ3) is 4.08. The van der Waals surface area contributed by atoms with Gasteiger partial charge in [-0.3, -0.25) is 0 Å². The molecule has 2 rings (SSSR count). The van der Waals surface area contributed by atoms with Crippen molar-refractivity contribution in [1.29, 1.82) is 0 Å². The van der Waals surface area contributed by atoms with Gasteiger partial charge >= 0.3 is 5.97 Å². The summed E-state index contributed by atoms with van der Waals surface area (Å²) in [5.41, 5.74) is 1.78. The quantitative estimate of drug-likeness (QED) is 0.429. The standard InChI is InChI=1S/C20H22O6/c1-22-16-8-6-13(11-18(16)24-3)10-15(20(21)26-5)14-7-9-17(23-2)19(12-14)25-4/h6-12H,1-5H3/b15-10+. The Balaban J connectivity index is 2.55. The lowest BCUT2D eigenvalue weighted by molar-refractivity contribution is -0.133. The fraction of sp³-hybridized carbons (Fsp3) is 0.250. The highest BCUT2D eigenvalue weighted by atomic mass is 16.5. The average molecular weight is 358 g/mol. The summed E-state index contributed by atoms with van der Waals surface area (Å²) < 4.78 is 26.0. The second kappa shape index (κ2) is 8.80. The molecule has 0 bridgehead atoms. The molecule has 0 saturated heterocycles. The summed E-state index contributed by atoms with van der Waals surface area (Å²) in [5.74, 6) is 1.80. The molecule has 0 amide bonds. The van der Waals surface area contributed by atoms with E-state index in [4.69, 9.17) is 23.7 Å².